The van der Waals surface area contributed by atoms with Crippen molar-refractivity contribution in [2.24, 2.45) is 0 Å². The maximum atomic E-state index is 13.3. The molecule has 2 amide bonds. The number of nitrogens with one attached hydrogen (secondary N) is 1. The van der Waals surface area contributed by atoms with Gasteiger partial charge in [-0.15, -0.1) is 0 Å². The molecular formula is C25H32ClFN2O3. The van der Waals surface area contributed by atoms with Gasteiger partial charge in [-0.05, 0) is 61.2 Å². The maximum Gasteiger partial charge on any atom is 0.242 e. The fourth-order valence-electron chi connectivity index (χ4n) is 3.30. The molecule has 7 heteroatoms. The van der Waals surface area contributed by atoms with Crippen LogP contribution in [-0.2, 0) is 16.1 Å². The number of halogens is 2. The molecule has 0 spiro atoms. The molecule has 32 heavy (non-hydrogen) atoms. The average molecular weight is 463 g/mol. The molecule has 5 nitrogen and oxygen atoms in total. The molecule has 2 aromatic rings. The number of benzene rings is 2. The number of ether oxygens (including phenoxy) is 1. The molecule has 0 aromatic heterocycles. The number of carbonyl (C=O) groups excluding carboxylic acids is 2. The lowest BCUT2D eigenvalue weighted by Crippen LogP contribution is -2.49. The van der Waals surface area contributed by atoms with Gasteiger partial charge >= 0.3 is 0 Å². The van der Waals surface area contributed by atoms with E-state index in [1.807, 2.05) is 6.92 Å². The Kier molecular flexibility index (Phi) is 11.0. The predicted molar refractivity (Wildman–Crippen MR) is 125 cm³/mol. The Hall–Kier alpha value is -2.60. The van der Waals surface area contributed by atoms with E-state index >= 15 is 0 Å². The highest BCUT2D eigenvalue weighted by molar-refractivity contribution is 6.30. The quantitative estimate of drug-likeness (QED) is 0.407. The van der Waals surface area contributed by atoms with Crippen LogP contribution in [0.1, 0.15) is 51.5 Å². The zero-order valence-electron chi connectivity index (χ0n) is 18.8. The summed E-state index contributed by atoms with van der Waals surface area (Å²) in [7, 11) is 0. The Morgan fingerprint density at radius 2 is 1.75 bits per heavy atom. The number of nitrogens with zero attached hydrogens (tertiary/aromatic N) is 1. The highest BCUT2D eigenvalue weighted by Gasteiger charge is 2.28. The summed E-state index contributed by atoms with van der Waals surface area (Å²) in [6.07, 6.45) is 3.11. The van der Waals surface area contributed by atoms with Crippen molar-refractivity contribution in [3.05, 3.63) is 64.9 Å². The van der Waals surface area contributed by atoms with E-state index in [0.29, 0.717) is 36.8 Å². The predicted octanol–water partition coefficient (Wildman–Crippen LogP) is 5.36. The van der Waals surface area contributed by atoms with Gasteiger partial charge in [0.2, 0.25) is 11.8 Å². The third kappa shape index (κ3) is 8.50. The molecule has 0 radical (unpaired) electrons. The van der Waals surface area contributed by atoms with Gasteiger partial charge in [0, 0.05) is 24.5 Å². The molecule has 0 unspecified atom stereocenters. The minimum absolute atomic E-state index is 0.133. The van der Waals surface area contributed by atoms with Crippen LogP contribution in [0.15, 0.2) is 48.5 Å². The summed E-state index contributed by atoms with van der Waals surface area (Å²) in [6.45, 7) is 5.14. The summed E-state index contributed by atoms with van der Waals surface area (Å²) in [5.74, 6) is 0.0578. The minimum atomic E-state index is -0.582. The molecule has 0 fully saturated rings. The molecule has 0 bridgehead atoms. The van der Waals surface area contributed by atoms with Crippen LogP contribution < -0.4 is 10.1 Å². The second-order valence-corrected chi connectivity index (χ2v) is 8.06. The monoisotopic (exact) mass is 462 g/mol. The average Bonchev–Trinajstić information content (AvgIpc) is 2.79. The Balaban J connectivity index is 2.02. The molecule has 174 valence electrons. The van der Waals surface area contributed by atoms with Crippen molar-refractivity contribution >= 4 is 23.4 Å². The molecule has 0 saturated carbocycles. The Bertz CT molecular complexity index is 843. The van der Waals surface area contributed by atoms with E-state index in [4.69, 9.17) is 16.3 Å². The molecule has 2 rings (SSSR count). The molecule has 0 aliphatic heterocycles. The summed E-state index contributed by atoms with van der Waals surface area (Å²) < 4.78 is 19.0. The smallest absolute Gasteiger partial charge is 0.242 e. The topological polar surface area (TPSA) is 58.6 Å². The Labute approximate surface area is 194 Å². The number of carbonyl (C=O) groups is 2. The van der Waals surface area contributed by atoms with Crippen LogP contribution in [0, 0.1) is 5.82 Å². The van der Waals surface area contributed by atoms with Crippen molar-refractivity contribution < 1.29 is 18.7 Å². The molecule has 0 aliphatic rings. The standard InChI is InChI=1S/C25H32ClFN2O3/c1-3-5-16-28-25(31)23(4-2)29(18-19-8-12-21(27)13-9-19)24(30)7-6-17-32-22-14-10-20(26)11-15-22/h8-15,23H,3-7,16-18H2,1-2H3,(H,28,31)/t23-/m1/s1. The molecule has 1 N–H and O–H groups in total. The molecule has 1 atom stereocenters. The van der Waals surface area contributed by atoms with Crippen molar-refractivity contribution in [1.82, 2.24) is 10.2 Å². The third-order valence-corrected chi connectivity index (χ3v) is 5.35. The van der Waals surface area contributed by atoms with Gasteiger partial charge in [0.25, 0.3) is 0 Å². The first-order valence-corrected chi connectivity index (χ1v) is 11.5. The van der Waals surface area contributed by atoms with Crippen molar-refractivity contribution in [3.8, 4) is 5.75 Å². The van der Waals surface area contributed by atoms with E-state index in [2.05, 4.69) is 12.2 Å². The van der Waals surface area contributed by atoms with Crippen LogP contribution in [0.25, 0.3) is 0 Å². The van der Waals surface area contributed by atoms with Crippen LogP contribution in [-0.4, -0.2) is 35.9 Å². The second kappa shape index (κ2) is 13.7. The van der Waals surface area contributed by atoms with Gasteiger partial charge < -0.3 is 15.0 Å². The molecule has 0 heterocycles. The lowest BCUT2D eigenvalue weighted by Gasteiger charge is -2.30. The van der Waals surface area contributed by atoms with Gasteiger partial charge in [-0.25, -0.2) is 4.39 Å². The zero-order chi connectivity index (χ0) is 23.3. The SMILES string of the molecule is CCCCNC(=O)[C@@H](CC)N(Cc1ccc(F)cc1)C(=O)CCCOc1ccc(Cl)cc1. The van der Waals surface area contributed by atoms with E-state index < -0.39 is 6.04 Å². The molecule has 0 aliphatic carbocycles. The summed E-state index contributed by atoms with van der Waals surface area (Å²) in [5, 5.41) is 3.56. The van der Waals surface area contributed by atoms with Crippen LogP contribution in [0.3, 0.4) is 0 Å². The molecule has 0 saturated heterocycles. The van der Waals surface area contributed by atoms with Gasteiger partial charge in [0.05, 0.1) is 6.61 Å². The van der Waals surface area contributed by atoms with Gasteiger partial charge in [-0.2, -0.15) is 0 Å². The summed E-state index contributed by atoms with van der Waals surface area (Å²) >= 11 is 5.87. The first-order chi connectivity index (χ1) is 15.4. The van der Waals surface area contributed by atoms with E-state index in [1.54, 1.807) is 41.3 Å². The maximum absolute atomic E-state index is 13.3. The van der Waals surface area contributed by atoms with E-state index in [0.717, 1.165) is 18.4 Å². The van der Waals surface area contributed by atoms with Crippen molar-refractivity contribution in [2.45, 2.75) is 58.5 Å². The summed E-state index contributed by atoms with van der Waals surface area (Å²) in [5.41, 5.74) is 0.775. The molecular weight excluding hydrogens is 431 g/mol. The normalized spacial score (nSPS) is 11.6. The largest absolute Gasteiger partial charge is 0.494 e. The van der Waals surface area contributed by atoms with E-state index in [9.17, 15) is 14.0 Å². The first-order valence-electron chi connectivity index (χ1n) is 11.1. The van der Waals surface area contributed by atoms with Crippen molar-refractivity contribution in [1.29, 1.82) is 0 Å². The van der Waals surface area contributed by atoms with Crippen molar-refractivity contribution in [3.63, 3.8) is 0 Å². The van der Waals surface area contributed by atoms with Crippen LogP contribution in [0.4, 0.5) is 4.39 Å². The number of amides is 2. The fraction of sp³-hybridized carbons (Fsp3) is 0.440. The lowest BCUT2D eigenvalue weighted by atomic mass is 10.1. The number of hydrogen-bond acceptors (Lipinski definition) is 3. The third-order valence-electron chi connectivity index (χ3n) is 5.10. The van der Waals surface area contributed by atoms with Gasteiger partial charge in [-0.1, -0.05) is 44.0 Å². The van der Waals surface area contributed by atoms with E-state index in [-0.39, 0.29) is 30.6 Å². The van der Waals surface area contributed by atoms with Gasteiger partial charge in [-0.3, -0.25) is 9.59 Å². The van der Waals surface area contributed by atoms with Gasteiger partial charge in [0.1, 0.15) is 17.6 Å². The highest BCUT2D eigenvalue weighted by Crippen LogP contribution is 2.17. The molecule has 2 aromatic carbocycles. The number of unbranched alkanes of at least 4 members (excludes halogenated alkanes) is 1. The lowest BCUT2D eigenvalue weighted by molar-refractivity contribution is -0.141. The Morgan fingerprint density at radius 3 is 2.38 bits per heavy atom. The summed E-state index contributed by atoms with van der Waals surface area (Å²) in [6, 6.07) is 12.5. The van der Waals surface area contributed by atoms with Crippen LogP contribution in [0.5, 0.6) is 5.75 Å². The zero-order valence-corrected chi connectivity index (χ0v) is 19.5. The first kappa shape index (κ1) is 25.7. The van der Waals surface area contributed by atoms with E-state index in [1.165, 1.54) is 12.1 Å². The van der Waals surface area contributed by atoms with Crippen molar-refractivity contribution in [2.75, 3.05) is 13.2 Å². The summed E-state index contributed by atoms with van der Waals surface area (Å²) in [4.78, 5) is 27.5. The second-order valence-electron chi connectivity index (χ2n) is 7.62. The van der Waals surface area contributed by atoms with Crippen LogP contribution in [0.2, 0.25) is 5.02 Å². The number of hydrogen-bond donors (Lipinski definition) is 1. The van der Waals surface area contributed by atoms with Crippen LogP contribution >= 0.6 is 11.6 Å². The minimum Gasteiger partial charge on any atom is -0.494 e. The Morgan fingerprint density at radius 1 is 1.06 bits per heavy atom. The van der Waals surface area contributed by atoms with Gasteiger partial charge in [0.15, 0.2) is 0 Å². The number of rotatable bonds is 13. The highest BCUT2D eigenvalue weighted by atomic mass is 35.5. The fourth-order valence-corrected chi connectivity index (χ4v) is 3.43.